The summed E-state index contributed by atoms with van der Waals surface area (Å²) in [6.07, 6.45) is 11.2. The van der Waals surface area contributed by atoms with Crippen LogP contribution >= 0.6 is 0 Å². The van der Waals surface area contributed by atoms with Gasteiger partial charge in [0.25, 0.3) is 0 Å². The van der Waals surface area contributed by atoms with Crippen molar-refractivity contribution in [3.63, 3.8) is 0 Å². The Kier molecular flexibility index (Phi) is 4.55. The predicted molar refractivity (Wildman–Crippen MR) is 58.6 cm³/mol. The van der Waals surface area contributed by atoms with E-state index in [1.165, 1.54) is 20.9 Å². The van der Waals surface area contributed by atoms with Crippen molar-refractivity contribution in [2.45, 2.75) is 33.6 Å². The van der Waals surface area contributed by atoms with Crippen molar-refractivity contribution in [2.75, 3.05) is 0 Å². The number of rotatable bonds is 3. The molecule has 0 N–H and O–H groups in total. The molecule has 0 fully saturated rings. The molecule has 0 aromatic heterocycles. The van der Waals surface area contributed by atoms with E-state index in [0.717, 1.165) is 12.8 Å². The van der Waals surface area contributed by atoms with Gasteiger partial charge in [0.2, 0.25) is 0 Å². The second kappa shape index (κ2) is 5.46. The first kappa shape index (κ1) is 11.7. The molecule has 0 radical (unpaired) electrons. The SMILES string of the molecule is CC(C)=CC(C)=CCC1=[C]([Ru])CC=C1. The molecular weight excluding hydrogens is 257 g/mol. The Hall–Kier alpha value is -0.417. The van der Waals surface area contributed by atoms with Crippen LogP contribution in [0.15, 0.2) is 45.2 Å². The molecule has 0 spiro atoms. The summed E-state index contributed by atoms with van der Waals surface area (Å²) in [7, 11) is 0. The fraction of sp³-hybridized carbons (Fsp3) is 0.385. The molecule has 0 aromatic rings. The first-order valence-electron chi connectivity index (χ1n) is 4.94. The van der Waals surface area contributed by atoms with E-state index < -0.39 is 0 Å². The van der Waals surface area contributed by atoms with Gasteiger partial charge in [0.05, 0.1) is 0 Å². The summed E-state index contributed by atoms with van der Waals surface area (Å²) in [6, 6.07) is 0. The average molecular weight is 274 g/mol. The van der Waals surface area contributed by atoms with E-state index in [1.807, 2.05) is 0 Å². The molecule has 1 aliphatic rings. The molecule has 1 rings (SSSR count). The fourth-order valence-electron chi connectivity index (χ4n) is 1.48. The predicted octanol–water partition coefficient (Wildman–Crippen LogP) is 4.05. The van der Waals surface area contributed by atoms with Gasteiger partial charge in [-0.05, 0) is 0 Å². The second-order valence-corrected chi connectivity index (χ2v) is 4.94. The maximum absolute atomic E-state index is 2.73. The number of hydrogen-bond acceptors (Lipinski definition) is 0. The Balaban J connectivity index is 2.59. The van der Waals surface area contributed by atoms with Crippen LogP contribution in [-0.2, 0) is 18.3 Å². The van der Waals surface area contributed by atoms with E-state index in [1.54, 1.807) is 0 Å². The third kappa shape index (κ3) is 3.76. The van der Waals surface area contributed by atoms with E-state index in [0.29, 0.717) is 0 Å². The Labute approximate surface area is 97.2 Å². The van der Waals surface area contributed by atoms with Crippen LogP contribution < -0.4 is 0 Å². The summed E-state index contributed by atoms with van der Waals surface area (Å²) in [5.74, 6) is 0. The molecule has 0 nitrogen and oxygen atoms in total. The fourth-order valence-corrected chi connectivity index (χ4v) is 2.01. The molecule has 0 unspecified atom stereocenters. The Morgan fingerprint density at radius 3 is 2.64 bits per heavy atom. The molecule has 14 heavy (non-hydrogen) atoms. The quantitative estimate of drug-likeness (QED) is 0.538. The Morgan fingerprint density at radius 2 is 2.14 bits per heavy atom. The average Bonchev–Trinajstić information content (AvgIpc) is 2.46. The van der Waals surface area contributed by atoms with E-state index in [-0.39, 0.29) is 0 Å². The molecule has 0 saturated heterocycles. The van der Waals surface area contributed by atoms with Gasteiger partial charge in [0.15, 0.2) is 0 Å². The zero-order valence-electron chi connectivity index (χ0n) is 9.08. The van der Waals surface area contributed by atoms with Crippen LogP contribution in [0.4, 0.5) is 0 Å². The molecule has 1 aliphatic carbocycles. The normalized spacial score (nSPS) is 16.4. The molecule has 0 bridgehead atoms. The topological polar surface area (TPSA) is 0 Å². The van der Waals surface area contributed by atoms with Crippen LogP contribution in [0.2, 0.25) is 0 Å². The summed E-state index contributed by atoms with van der Waals surface area (Å²) < 4.78 is 1.45. The van der Waals surface area contributed by atoms with Crippen molar-refractivity contribution in [1.29, 1.82) is 0 Å². The Morgan fingerprint density at radius 1 is 1.43 bits per heavy atom. The van der Waals surface area contributed by atoms with Crippen molar-refractivity contribution in [3.8, 4) is 0 Å². The molecule has 0 aromatic carbocycles. The molecular formula is C13H17Ru. The number of hydrogen-bond donors (Lipinski definition) is 0. The molecule has 1 heteroatoms. The van der Waals surface area contributed by atoms with Gasteiger partial charge in [-0.15, -0.1) is 0 Å². The summed E-state index contributed by atoms with van der Waals surface area (Å²) in [4.78, 5) is 0. The van der Waals surface area contributed by atoms with Crippen LogP contribution in [0.25, 0.3) is 0 Å². The van der Waals surface area contributed by atoms with Gasteiger partial charge >= 0.3 is 97.1 Å². The first-order chi connectivity index (χ1) is 6.59. The van der Waals surface area contributed by atoms with E-state index in [2.05, 4.69) is 63.4 Å². The second-order valence-electron chi connectivity index (χ2n) is 3.90. The Bertz CT molecular complexity index is 323. The van der Waals surface area contributed by atoms with Gasteiger partial charge in [-0.3, -0.25) is 0 Å². The van der Waals surface area contributed by atoms with Crippen molar-refractivity contribution in [2.24, 2.45) is 0 Å². The van der Waals surface area contributed by atoms with Crippen LogP contribution in [0, 0.1) is 0 Å². The molecule has 0 saturated carbocycles. The van der Waals surface area contributed by atoms with E-state index in [9.17, 15) is 0 Å². The zero-order chi connectivity index (χ0) is 10.6. The minimum atomic E-state index is 1.06. The van der Waals surface area contributed by atoms with Gasteiger partial charge in [0.1, 0.15) is 0 Å². The molecule has 0 aliphatic heterocycles. The van der Waals surface area contributed by atoms with Gasteiger partial charge < -0.3 is 0 Å². The van der Waals surface area contributed by atoms with Gasteiger partial charge in [-0.2, -0.15) is 0 Å². The molecule has 77 valence electrons. The van der Waals surface area contributed by atoms with Crippen LogP contribution in [0.3, 0.4) is 0 Å². The van der Waals surface area contributed by atoms with E-state index >= 15 is 0 Å². The van der Waals surface area contributed by atoms with Gasteiger partial charge in [-0.25, -0.2) is 0 Å². The summed E-state index contributed by atoms with van der Waals surface area (Å²) in [6.45, 7) is 6.43. The van der Waals surface area contributed by atoms with Crippen molar-refractivity contribution < 1.29 is 18.3 Å². The third-order valence-corrected chi connectivity index (χ3v) is 3.02. The van der Waals surface area contributed by atoms with E-state index in [4.69, 9.17) is 0 Å². The monoisotopic (exact) mass is 275 g/mol. The maximum atomic E-state index is 2.73. The third-order valence-electron chi connectivity index (χ3n) is 2.11. The number of allylic oxidation sites excluding steroid dienone is 8. The zero-order valence-corrected chi connectivity index (χ0v) is 10.8. The molecule has 0 amide bonds. The van der Waals surface area contributed by atoms with Gasteiger partial charge in [0, 0.05) is 0 Å². The minimum absolute atomic E-state index is 1.06. The van der Waals surface area contributed by atoms with Gasteiger partial charge in [-0.1, -0.05) is 0 Å². The van der Waals surface area contributed by atoms with Crippen molar-refractivity contribution >= 4 is 0 Å². The summed E-state index contributed by atoms with van der Waals surface area (Å²) in [5.41, 5.74) is 4.18. The van der Waals surface area contributed by atoms with Crippen molar-refractivity contribution in [3.05, 3.63) is 45.2 Å². The standard InChI is InChI=1S/C13H17.Ru/c1-11(2)10-12(3)8-9-13-6-4-5-7-13;/h4,6,8,10H,5,9H2,1-3H3;. The summed E-state index contributed by atoms with van der Waals surface area (Å²) in [5, 5.41) is 0. The van der Waals surface area contributed by atoms with Crippen LogP contribution in [0.1, 0.15) is 33.6 Å². The van der Waals surface area contributed by atoms with Crippen LogP contribution in [0.5, 0.6) is 0 Å². The molecule has 0 atom stereocenters. The van der Waals surface area contributed by atoms with Crippen molar-refractivity contribution in [1.82, 2.24) is 0 Å². The first-order valence-corrected chi connectivity index (χ1v) is 5.81. The van der Waals surface area contributed by atoms with Crippen LogP contribution in [-0.4, -0.2) is 0 Å². The molecule has 0 heterocycles. The summed E-state index contributed by atoms with van der Waals surface area (Å²) >= 11 is 2.73.